The molecule has 0 saturated carbocycles. The lowest BCUT2D eigenvalue weighted by Crippen LogP contribution is -2.44. The molecule has 1 aliphatic rings. The molecule has 1 aliphatic heterocycles. The third kappa shape index (κ3) is 3.72. The van der Waals surface area contributed by atoms with E-state index in [9.17, 15) is 9.50 Å². The SMILES string of the molecule is O[C@H](CN1CCCC[C@H]1Cn1cccn1)c1ccc(F)cc1. The molecule has 5 heteroatoms. The molecule has 2 aromatic rings. The monoisotopic (exact) mass is 303 g/mol. The number of nitrogens with zero attached hydrogens (tertiary/aromatic N) is 3. The molecule has 0 spiro atoms. The van der Waals surface area contributed by atoms with E-state index in [0.29, 0.717) is 12.6 Å². The number of β-amino-alcohol motifs (C(OH)–C–C–N with tert-alkyl or cyclic N) is 1. The van der Waals surface area contributed by atoms with Crippen molar-refractivity contribution >= 4 is 0 Å². The molecular formula is C17H22FN3O. The third-order valence-electron chi connectivity index (χ3n) is 4.37. The van der Waals surface area contributed by atoms with E-state index in [4.69, 9.17) is 0 Å². The minimum Gasteiger partial charge on any atom is -0.387 e. The fourth-order valence-corrected chi connectivity index (χ4v) is 3.14. The first kappa shape index (κ1) is 15.2. The predicted octanol–water partition coefficient (Wildman–Crippen LogP) is 2.61. The van der Waals surface area contributed by atoms with Crippen molar-refractivity contribution in [1.29, 1.82) is 0 Å². The van der Waals surface area contributed by atoms with E-state index >= 15 is 0 Å². The highest BCUT2D eigenvalue weighted by molar-refractivity contribution is 5.18. The summed E-state index contributed by atoms with van der Waals surface area (Å²) in [7, 11) is 0. The van der Waals surface area contributed by atoms with Gasteiger partial charge in [-0.1, -0.05) is 18.6 Å². The summed E-state index contributed by atoms with van der Waals surface area (Å²) in [5, 5.41) is 14.7. The molecule has 0 radical (unpaired) electrons. The van der Waals surface area contributed by atoms with E-state index in [1.807, 2.05) is 16.9 Å². The number of hydrogen-bond acceptors (Lipinski definition) is 3. The first-order valence-electron chi connectivity index (χ1n) is 7.87. The molecule has 2 heterocycles. The van der Waals surface area contributed by atoms with Crippen LogP contribution in [0.3, 0.4) is 0 Å². The lowest BCUT2D eigenvalue weighted by molar-refractivity contribution is 0.0591. The van der Waals surface area contributed by atoms with Crippen LogP contribution in [0.1, 0.15) is 30.9 Å². The first-order chi connectivity index (χ1) is 10.7. The van der Waals surface area contributed by atoms with Crippen LogP contribution in [0.2, 0.25) is 0 Å². The Morgan fingerprint density at radius 1 is 1.27 bits per heavy atom. The molecule has 22 heavy (non-hydrogen) atoms. The molecule has 1 N–H and O–H groups in total. The molecule has 0 amide bonds. The van der Waals surface area contributed by atoms with E-state index in [1.54, 1.807) is 18.3 Å². The van der Waals surface area contributed by atoms with Crippen molar-refractivity contribution in [2.45, 2.75) is 38.0 Å². The minimum absolute atomic E-state index is 0.273. The van der Waals surface area contributed by atoms with Gasteiger partial charge in [0.05, 0.1) is 12.6 Å². The van der Waals surface area contributed by atoms with Crippen LogP contribution in [-0.2, 0) is 6.54 Å². The van der Waals surface area contributed by atoms with E-state index < -0.39 is 6.10 Å². The molecule has 2 atom stereocenters. The maximum atomic E-state index is 13.0. The van der Waals surface area contributed by atoms with Crippen LogP contribution in [0.15, 0.2) is 42.7 Å². The Labute approximate surface area is 130 Å². The summed E-state index contributed by atoms with van der Waals surface area (Å²) in [6.45, 7) is 2.42. The lowest BCUT2D eigenvalue weighted by Gasteiger charge is -2.36. The van der Waals surface area contributed by atoms with Gasteiger partial charge < -0.3 is 5.11 Å². The summed E-state index contributed by atoms with van der Waals surface area (Å²) in [5.74, 6) is -0.273. The summed E-state index contributed by atoms with van der Waals surface area (Å²) >= 11 is 0. The fraction of sp³-hybridized carbons (Fsp3) is 0.471. The molecule has 0 aliphatic carbocycles. The number of aliphatic hydroxyl groups excluding tert-OH is 1. The maximum absolute atomic E-state index is 13.0. The Hall–Kier alpha value is -1.72. The van der Waals surface area contributed by atoms with Gasteiger partial charge in [-0.25, -0.2) is 4.39 Å². The second kappa shape index (κ2) is 7.03. The zero-order chi connectivity index (χ0) is 15.4. The Balaban J connectivity index is 1.64. The lowest BCUT2D eigenvalue weighted by atomic mass is 10.00. The quantitative estimate of drug-likeness (QED) is 0.923. The molecule has 0 unspecified atom stereocenters. The number of halogens is 1. The Morgan fingerprint density at radius 3 is 2.82 bits per heavy atom. The zero-order valence-corrected chi connectivity index (χ0v) is 12.6. The number of likely N-dealkylation sites (tertiary alicyclic amines) is 1. The summed E-state index contributed by atoms with van der Waals surface area (Å²) in [6, 6.07) is 8.44. The normalized spacial score (nSPS) is 20.9. The van der Waals surface area contributed by atoms with Gasteiger partial charge in [-0.2, -0.15) is 5.10 Å². The molecule has 1 aromatic carbocycles. The van der Waals surface area contributed by atoms with E-state index in [-0.39, 0.29) is 5.82 Å². The second-order valence-electron chi connectivity index (χ2n) is 5.94. The van der Waals surface area contributed by atoms with E-state index in [0.717, 1.165) is 31.5 Å². The highest BCUT2D eigenvalue weighted by atomic mass is 19.1. The van der Waals surface area contributed by atoms with Crippen molar-refractivity contribution in [3.8, 4) is 0 Å². The van der Waals surface area contributed by atoms with Crippen molar-refractivity contribution < 1.29 is 9.50 Å². The highest BCUT2D eigenvalue weighted by Gasteiger charge is 2.25. The van der Waals surface area contributed by atoms with Crippen molar-refractivity contribution in [3.63, 3.8) is 0 Å². The van der Waals surface area contributed by atoms with Crippen molar-refractivity contribution in [2.75, 3.05) is 13.1 Å². The molecule has 1 fully saturated rings. The number of aromatic nitrogens is 2. The van der Waals surface area contributed by atoms with Crippen LogP contribution >= 0.6 is 0 Å². The molecule has 4 nitrogen and oxygen atoms in total. The van der Waals surface area contributed by atoms with Gasteiger partial charge in [0.2, 0.25) is 0 Å². The van der Waals surface area contributed by atoms with Crippen LogP contribution in [0, 0.1) is 5.82 Å². The molecular weight excluding hydrogens is 281 g/mol. The van der Waals surface area contributed by atoms with Gasteiger partial charge in [0.25, 0.3) is 0 Å². The standard InChI is InChI=1S/C17H22FN3O/c18-15-7-5-14(6-8-15)17(22)13-20-10-2-1-4-16(20)12-21-11-3-9-19-21/h3,5-9,11,16-17,22H,1-2,4,10,12-13H2/t16-,17+/m0/s1. The maximum Gasteiger partial charge on any atom is 0.123 e. The van der Waals surface area contributed by atoms with Crippen molar-refractivity contribution in [2.24, 2.45) is 0 Å². The van der Waals surface area contributed by atoms with Crippen LogP contribution in [0.25, 0.3) is 0 Å². The second-order valence-corrected chi connectivity index (χ2v) is 5.94. The third-order valence-corrected chi connectivity index (χ3v) is 4.37. The predicted molar refractivity (Wildman–Crippen MR) is 82.8 cm³/mol. The van der Waals surface area contributed by atoms with Crippen molar-refractivity contribution in [3.05, 3.63) is 54.1 Å². The zero-order valence-electron chi connectivity index (χ0n) is 12.6. The Bertz CT molecular complexity index is 570. The molecule has 118 valence electrons. The van der Waals surface area contributed by atoms with Gasteiger partial charge in [-0.05, 0) is 43.1 Å². The molecule has 0 bridgehead atoms. The Morgan fingerprint density at radius 2 is 2.09 bits per heavy atom. The minimum atomic E-state index is -0.584. The van der Waals surface area contributed by atoms with E-state index in [1.165, 1.54) is 18.6 Å². The van der Waals surface area contributed by atoms with Gasteiger partial charge >= 0.3 is 0 Å². The molecule has 1 aromatic heterocycles. The number of benzene rings is 1. The van der Waals surface area contributed by atoms with Crippen molar-refractivity contribution in [1.82, 2.24) is 14.7 Å². The molecule has 1 saturated heterocycles. The van der Waals surface area contributed by atoms with Gasteiger partial charge in [0.15, 0.2) is 0 Å². The number of rotatable bonds is 5. The van der Waals surface area contributed by atoms with Gasteiger partial charge in [-0.15, -0.1) is 0 Å². The van der Waals surface area contributed by atoms with Crippen LogP contribution < -0.4 is 0 Å². The van der Waals surface area contributed by atoms with Crippen LogP contribution in [0.4, 0.5) is 4.39 Å². The van der Waals surface area contributed by atoms with Crippen LogP contribution in [-0.4, -0.2) is 38.9 Å². The number of hydrogen-bond donors (Lipinski definition) is 1. The topological polar surface area (TPSA) is 41.3 Å². The first-order valence-corrected chi connectivity index (χ1v) is 7.87. The summed E-state index contributed by atoms with van der Waals surface area (Å²) in [6.07, 6.45) is 6.68. The summed E-state index contributed by atoms with van der Waals surface area (Å²) < 4.78 is 14.9. The van der Waals surface area contributed by atoms with Gasteiger partial charge in [0, 0.05) is 25.0 Å². The summed E-state index contributed by atoms with van der Waals surface area (Å²) in [4.78, 5) is 2.33. The number of piperidine rings is 1. The Kier molecular flexibility index (Phi) is 4.85. The van der Waals surface area contributed by atoms with Gasteiger partial charge in [0.1, 0.15) is 5.82 Å². The number of aliphatic hydroxyl groups is 1. The van der Waals surface area contributed by atoms with Crippen LogP contribution in [0.5, 0.6) is 0 Å². The molecule has 3 rings (SSSR count). The smallest absolute Gasteiger partial charge is 0.123 e. The average Bonchev–Trinajstić information content (AvgIpc) is 3.03. The highest BCUT2D eigenvalue weighted by Crippen LogP contribution is 2.22. The fourth-order valence-electron chi connectivity index (χ4n) is 3.14. The average molecular weight is 303 g/mol. The van der Waals surface area contributed by atoms with E-state index in [2.05, 4.69) is 10.00 Å². The van der Waals surface area contributed by atoms with Gasteiger partial charge in [-0.3, -0.25) is 9.58 Å². The largest absolute Gasteiger partial charge is 0.387 e. The summed E-state index contributed by atoms with van der Waals surface area (Å²) in [5.41, 5.74) is 0.768.